The predicted molar refractivity (Wildman–Crippen MR) is 60.6 cm³/mol. The minimum absolute atomic E-state index is 0.486. The van der Waals surface area contributed by atoms with Gasteiger partial charge in [0, 0.05) is 12.5 Å². The van der Waals surface area contributed by atoms with Gasteiger partial charge in [-0.05, 0) is 41.7 Å². The summed E-state index contributed by atoms with van der Waals surface area (Å²) in [4.78, 5) is 4.23. The van der Waals surface area contributed by atoms with Crippen molar-refractivity contribution >= 4 is 27.5 Å². The van der Waals surface area contributed by atoms with Gasteiger partial charge in [-0.25, -0.2) is 4.98 Å². The molecule has 2 rings (SSSR count). The summed E-state index contributed by atoms with van der Waals surface area (Å²) in [5, 5.41) is 0.634. The zero-order chi connectivity index (χ0) is 10.1. The lowest BCUT2D eigenvalue weighted by atomic mass is 9.93. The summed E-state index contributed by atoms with van der Waals surface area (Å²) in [7, 11) is 0. The van der Waals surface area contributed by atoms with Crippen LogP contribution in [0.2, 0.25) is 5.15 Å². The molecule has 0 amide bonds. The third-order valence-corrected chi connectivity index (χ3v) is 3.63. The van der Waals surface area contributed by atoms with E-state index in [0.717, 1.165) is 23.4 Å². The molecule has 0 saturated heterocycles. The topological polar surface area (TPSA) is 43.8 Å². The van der Waals surface area contributed by atoms with Crippen LogP contribution in [0.1, 0.15) is 30.9 Å². The van der Waals surface area contributed by atoms with Crippen molar-refractivity contribution in [1.82, 2.24) is 9.55 Å². The highest BCUT2D eigenvalue weighted by Crippen LogP contribution is 2.36. The van der Waals surface area contributed by atoms with Gasteiger partial charge in [-0.3, -0.25) is 0 Å². The highest BCUT2D eigenvalue weighted by atomic mass is 79.9. The maximum absolute atomic E-state index is 6.09. The Morgan fingerprint density at radius 1 is 1.64 bits per heavy atom. The quantitative estimate of drug-likeness (QED) is 0.903. The van der Waals surface area contributed by atoms with Gasteiger partial charge < -0.3 is 10.3 Å². The van der Waals surface area contributed by atoms with E-state index in [1.807, 2.05) is 0 Å². The minimum Gasteiger partial charge on any atom is -0.330 e. The second-order valence-corrected chi connectivity index (χ2v) is 4.69. The maximum Gasteiger partial charge on any atom is 0.178 e. The van der Waals surface area contributed by atoms with Gasteiger partial charge in [-0.15, -0.1) is 0 Å². The van der Waals surface area contributed by atoms with Crippen LogP contribution in [0.15, 0.2) is 4.73 Å². The molecule has 0 fully saturated rings. The van der Waals surface area contributed by atoms with Crippen molar-refractivity contribution in [3.05, 3.63) is 15.6 Å². The fourth-order valence-corrected chi connectivity index (χ4v) is 3.11. The number of nitrogens with two attached hydrogens (primary N) is 1. The third kappa shape index (κ3) is 1.71. The Balaban J connectivity index is 2.37. The van der Waals surface area contributed by atoms with E-state index in [9.17, 15) is 0 Å². The van der Waals surface area contributed by atoms with Crippen LogP contribution >= 0.6 is 27.5 Å². The molecule has 1 unspecified atom stereocenters. The fraction of sp³-hybridized carbons (Fsp3) is 0.667. The number of hydrogen-bond donors (Lipinski definition) is 1. The summed E-state index contributed by atoms with van der Waals surface area (Å²) < 4.78 is 3.01. The molecule has 3 nitrogen and oxygen atoms in total. The summed E-state index contributed by atoms with van der Waals surface area (Å²) in [5.41, 5.74) is 6.75. The van der Waals surface area contributed by atoms with E-state index in [2.05, 4.69) is 25.5 Å². The first kappa shape index (κ1) is 10.5. The van der Waals surface area contributed by atoms with E-state index < -0.39 is 0 Å². The lowest BCUT2D eigenvalue weighted by Gasteiger charge is -2.24. The molecule has 1 aliphatic heterocycles. The SMILES string of the molecule is NCCC1CCCn2c(Br)nc(Cl)c21. The van der Waals surface area contributed by atoms with Crippen LogP contribution in [0.25, 0.3) is 0 Å². The van der Waals surface area contributed by atoms with E-state index >= 15 is 0 Å². The molecule has 0 saturated carbocycles. The van der Waals surface area contributed by atoms with Crippen LogP contribution in [-0.4, -0.2) is 16.1 Å². The summed E-state index contributed by atoms with van der Waals surface area (Å²) in [6.45, 7) is 1.72. The second kappa shape index (κ2) is 4.21. The Morgan fingerprint density at radius 3 is 3.14 bits per heavy atom. The summed E-state index contributed by atoms with van der Waals surface area (Å²) in [6.07, 6.45) is 3.36. The molecule has 0 bridgehead atoms. The molecule has 78 valence electrons. The number of halogens is 2. The fourth-order valence-electron chi connectivity index (χ4n) is 2.13. The van der Waals surface area contributed by atoms with Gasteiger partial charge in [-0.1, -0.05) is 11.6 Å². The van der Waals surface area contributed by atoms with E-state index in [1.165, 1.54) is 12.8 Å². The Hall–Kier alpha value is -0.0600. The number of hydrogen-bond acceptors (Lipinski definition) is 2. The first-order chi connectivity index (χ1) is 6.74. The molecule has 1 aromatic rings. The van der Waals surface area contributed by atoms with Crippen molar-refractivity contribution in [3.63, 3.8) is 0 Å². The Labute approximate surface area is 96.8 Å². The molecule has 1 aliphatic rings. The monoisotopic (exact) mass is 277 g/mol. The molecule has 0 spiro atoms. The number of nitrogens with zero attached hydrogens (tertiary/aromatic N) is 2. The average molecular weight is 279 g/mol. The summed E-state index contributed by atoms with van der Waals surface area (Å²) >= 11 is 9.51. The highest BCUT2D eigenvalue weighted by molar-refractivity contribution is 9.10. The lowest BCUT2D eigenvalue weighted by molar-refractivity contribution is 0.435. The highest BCUT2D eigenvalue weighted by Gasteiger charge is 2.25. The summed E-state index contributed by atoms with van der Waals surface area (Å²) in [6, 6.07) is 0. The van der Waals surface area contributed by atoms with Crippen molar-refractivity contribution in [3.8, 4) is 0 Å². The van der Waals surface area contributed by atoms with Crippen LogP contribution in [0, 0.1) is 0 Å². The Morgan fingerprint density at radius 2 is 2.43 bits per heavy atom. The van der Waals surface area contributed by atoms with Crippen LogP contribution < -0.4 is 5.73 Å². The minimum atomic E-state index is 0.486. The first-order valence-corrected chi connectivity index (χ1v) is 6.02. The number of fused-ring (bicyclic) bond motifs is 1. The smallest absolute Gasteiger partial charge is 0.178 e. The molecule has 0 aromatic carbocycles. The molecule has 0 radical (unpaired) electrons. The second-order valence-electron chi connectivity index (χ2n) is 3.63. The molecule has 5 heteroatoms. The van der Waals surface area contributed by atoms with Crippen LogP contribution in [0.4, 0.5) is 0 Å². The van der Waals surface area contributed by atoms with Crippen molar-refractivity contribution in [2.24, 2.45) is 5.73 Å². The summed E-state index contributed by atoms with van der Waals surface area (Å²) in [5.74, 6) is 0.486. The zero-order valence-electron chi connectivity index (χ0n) is 7.84. The molecule has 0 aliphatic carbocycles. The Kier molecular flexibility index (Phi) is 3.14. The standard InChI is InChI=1S/C9H13BrClN3/c10-9-13-8(11)7-6(3-4-12)2-1-5-14(7)9/h6H,1-5,12H2. The van der Waals surface area contributed by atoms with Gasteiger partial charge in [0.25, 0.3) is 0 Å². The molecule has 2 N–H and O–H groups in total. The molecule has 2 heterocycles. The lowest BCUT2D eigenvalue weighted by Crippen LogP contribution is -2.18. The van der Waals surface area contributed by atoms with Crippen LogP contribution in [0.3, 0.4) is 0 Å². The van der Waals surface area contributed by atoms with Gasteiger partial charge in [0.15, 0.2) is 9.89 Å². The van der Waals surface area contributed by atoms with Gasteiger partial charge >= 0.3 is 0 Å². The normalized spacial score (nSPS) is 20.9. The molecular formula is C9H13BrClN3. The maximum atomic E-state index is 6.09. The van der Waals surface area contributed by atoms with Crippen molar-refractivity contribution in [2.75, 3.05) is 6.54 Å². The van der Waals surface area contributed by atoms with Crippen LogP contribution in [0.5, 0.6) is 0 Å². The van der Waals surface area contributed by atoms with Gasteiger partial charge in [0.2, 0.25) is 0 Å². The van der Waals surface area contributed by atoms with E-state index in [-0.39, 0.29) is 0 Å². The van der Waals surface area contributed by atoms with Gasteiger partial charge in [0.05, 0.1) is 5.69 Å². The third-order valence-electron chi connectivity index (χ3n) is 2.75. The molecule has 14 heavy (non-hydrogen) atoms. The zero-order valence-corrected chi connectivity index (χ0v) is 10.2. The van der Waals surface area contributed by atoms with Gasteiger partial charge in [-0.2, -0.15) is 0 Å². The Bertz CT molecular complexity index is 337. The van der Waals surface area contributed by atoms with Crippen molar-refractivity contribution in [2.45, 2.75) is 31.7 Å². The predicted octanol–water partition coefficient (Wildman–Crippen LogP) is 2.53. The van der Waals surface area contributed by atoms with Crippen molar-refractivity contribution < 1.29 is 0 Å². The molecular weight excluding hydrogens is 265 g/mol. The largest absolute Gasteiger partial charge is 0.330 e. The van der Waals surface area contributed by atoms with E-state index in [4.69, 9.17) is 17.3 Å². The number of aromatic nitrogens is 2. The number of rotatable bonds is 2. The van der Waals surface area contributed by atoms with Gasteiger partial charge in [0.1, 0.15) is 0 Å². The van der Waals surface area contributed by atoms with E-state index in [1.54, 1.807) is 0 Å². The molecule has 1 atom stereocenters. The van der Waals surface area contributed by atoms with E-state index in [0.29, 0.717) is 17.6 Å². The average Bonchev–Trinajstić information content (AvgIpc) is 2.44. The molecule has 1 aromatic heterocycles. The van der Waals surface area contributed by atoms with Crippen molar-refractivity contribution in [1.29, 1.82) is 0 Å². The van der Waals surface area contributed by atoms with Crippen LogP contribution in [-0.2, 0) is 6.54 Å². The number of imidazole rings is 1. The first-order valence-electron chi connectivity index (χ1n) is 4.85.